The summed E-state index contributed by atoms with van der Waals surface area (Å²) < 4.78 is 16.1. The first-order chi connectivity index (χ1) is 14.2. The zero-order valence-electron chi connectivity index (χ0n) is 16.1. The van der Waals surface area contributed by atoms with Crippen LogP contribution >= 0.6 is 0 Å². The summed E-state index contributed by atoms with van der Waals surface area (Å²) in [6.45, 7) is 0. The summed E-state index contributed by atoms with van der Waals surface area (Å²) >= 11 is 0. The summed E-state index contributed by atoms with van der Waals surface area (Å²) in [5, 5.41) is 0. The highest BCUT2D eigenvalue weighted by molar-refractivity contribution is 6.13. The van der Waals surface area contributed by atoms with Crippen LogP contribution in [0.15, 0.2) is 83.5 Å². The number of nitrogens with zero attached hydrogens (tertiary/aromatic N) is 1. The fourth-order valence-corrected chi connectivity index (χ4v) is 3.14. The standard InChI is InChI=1S/C24H19NO4/c1-27-21-10-6-9-19(22(21)28-2)15-20-24(26)29-23(25-20)18-13-11-17(12-14-18)16-7-4-3-5-8-16/h3-15H,1-2H3/b20-15-. The van der Waals surface area contributed by atoms with E-state index in [-0.39, 0.29) is 11.6 Å². The van der Waals surface area contributed by atoms with E-state index in [1.54, 1.807) is 26.4 Å². The van der Waals surface area contributed by atoms with Gasteiger partial charge in [0.15, 0.2) is 17.2 Å². The largest absolute Gasteiger partial charge is 0.493 e. The molecule has 3 aromatic carbocycles. The zero-order chi connectivity index (χ0) is 20.2. The van der Waals surface area contributed by atoms with Gasteiger partial charge in [0.05, 0.1) is 14.2 Å². The number of benzene rings is 3. The third-order valence-corrected chi connectivity index (χ3v) is 4.59. The lowest BCUT2D eigenvalue weighted by Gasteiger charge is -2.09. The zero-order valence-corrected chi connectivity index (χ0v) is 16.1. The predicted octanol–water partition coefficient (Wildman–Crippen LogP) is 4.72. The number of rotatable bonds is 5. The smallest absolute Gasteiger partial charge is 0.363 e. The Hall–Kier alpha value is -3.86. The second-order valence-corrected chi connectivity index (χ2v) is 6.36. The van der Waals surface area contributed by atoms with Crippen molar-refractivity contribution in [2.75, 3.05) is 14.2 Å². The Balaban J connectivity index is 1.64. The monoisotopic (exact) mass is 385 g/mol. The lowest BCUT2D eigenvalue weighted by atomic mass is 10.0. The van der Waals surface area contributed by atoms with Gasteiger partial charge in [0.1, 0.15) is 0 Å². The quantitative estimate of drug-likeness (QED) is 0.471. The number of aliphatic imine (C=N–C) groups is 1. The Kier molecular flexibility index (Phi) is 5.12. The minimum atomic E-state index is -0.503. The van der Waals surface area contributed by atoms with Crippen LogP contribution in [-0.4, -0.2) is 26.1 Å². The van der Waals surface area contributed by atoms with Crippen LogP contribution in [0.2, 0.25) is 0 Å². The molecule has 144 valence electrons. The molecule has 0 unspecified atom stereocenters. The summed E-state index contributed by atoms with van der Waals surface area (Å²) in [7, 11) is 3.11. The molecule has 0 atom stereocenters. The van der Waals surface area contributed by atoms with E-state index in [9.17, 15) is 4.79 Å². The van der Waals surface area contributed by atoms with E-state index in [2.05, 4.69) is 4.99 Å². The van der Waals surface area contributed by atoms with E-state index in [0.717, 1.165) is 16.7 Å². The van der Waals surface area contributed by atoms with Gasteiger partial charge < -0.3 is 14.2 Å². The molecule has 1 heterocycles. The normalized spacial score (nSPS) is 14.5. The number of carbonyl (C=O) groups is 1. The number of hydrogen-bond donors (Lipinski definition) is 0. The number of para-hydroxylation sites is 1. The van der Waals surface area contributed by atoms with Gasteiger partial charge in [0.2, 0.25) is 5.90 Å². The highest BCUT2D eigenvalue weighted by Gasteiger charge is 2.25. The van der Waals surface area contributed by atoms with E-state index in [1.165, 1.54) is 0 Å². The van der Waals surface area contributed by atoms with Crippen LogP contribution in [0.5, 0.6) is 11.5 Å². The van der Waals surface area contributed by atoms with Crippen molar-refractivity contribution in [1.82, 2.24) is 0 Å². The van der Waals surface area contributed by atoms with Crippen molar-refractivity contribution in [2.45, 2.75) is 0 Å². The Morgan fingerprint density at radius 3 is 2.17 bits per heavy atom. The maximum absolute atomic E-state index is 12.3. The summed E-state index contributed by atoms with van der Waals surface area (Å²) in [6, 6.07) is 23.2. The fraction of sp³-hybridized carbons (Fsp3) is 0.0833. The van der Waals surface area contributed by atoms with Crippen LogP contribution in [-0.2, 0) is 9.53 Å². The summed E-state index contributed by atoms with van der Waals surface area (Å²) in [4.78, 5) is 16.7. The molecule has 1 aliphatic rings. The summed E-state index contributed by atoms with van der Waals surface area (Å²) in [6.07, 6.45) is 1.63. The number of carbonyl (C=O) groups excluding carboxylic acids is 1. The third-order valence-electron chi connectivity index (χ3n) is 4.59. The molecule has 3 aromatic rings. The molecule has 0 bridgehead atoms. The van der Waals surface area contributed by atoms with Crippen LogP contribution < -0.4 is 9.47 Å². The van der Waals surface area contributed by atoms with Crippen LogP contribution in [0.25, 0.3) is 17.2 Å². The lowest BCUT2D eigenvalue weighted by molar-refractivity contribution is -0.129. The van der Waals surface area contributed by atoms with E-state index >= 15 is 0 Å². The lowest BCUT2D eigenvalue weighted by Crippen LogP contribution is -2.05. The first-order valence-corrected chi connectivity index (χ1v) is 9.09. The van der Waals surface area contributed by atoms with Crippen molar-refractivity contribution in [2.24, 2.45) is 4.99 Å². The average molecular weight is 385 g/mol. The molecule has 1 aliphatic heterocycles. The second-order valence-electron chi connectivity index (χ2n) is 6.36. The first kappa shape index (κ1) is 18.5. The minimum absolute atomic E-state index is 0.207. The van der Waals surface area contributed by atoms with Crippen molar-refractivity contribution in [1.29, 1.82) is 0 Å². The maximum Gasteiger partial charge on any atom is 0.363 e. The van der Waals surface area contributed by atoms with Gasteiger partial charge >= 0.3 is 5.97 Å². The molecule has 4 rings (SSSR count). The SMILES string of the molecule is COc1cccc(/C=C2\N=C(c3ccc(-c4ccccc4)cc3)OC2=O)c1OC. The van der Waals surface area contributed by atoms with Gasteiger partial charge in [0.25, 0.3) is 0 Å². The molecule has 0 saturated heterocycles. The van der Waals surface area contributed by atoms with E-state index in [0.29, 0.717) is 17.1 Å². The van der Waals surface area contributed by atoms with Crippen molar-refractivity contribution < 1.29 is 19.0 Å². The molecule has 5 heteroatoms. The third kappa shape index (κ3) is 3.75. The highest BCUT2D eigenvalue weighted by Crippen LogP contribution is 2.33. The van der Waals surface area contributed by atoms with Gasteiger partial charge in [-0.1, -0.05) is 54.6 Å². The topological polar surface area (TPSA) is 57.1 Å². The molecule has 29 heavy (non-hydrogen) atoms. The number of cyclic esters (lactones) is 1. The number of hydrogen-bond acceptors (Lipinski definition) is 5. The van der Waals surface area contributed by atoms with Gasteiger partial charge in [-0.15, -0.1) is 0 Å². The molecule has 0 fully saturated rings. The van der Waals surface area contributed by atoms with Crippen LogP contribution in [0.1, 0.15) is 11.1 Å². The molecule has 0 N–H and O–H groups in total. The Bertz CT molecular complexity index is 1100. The summed E-state index contributed by atoms with van der Waals surface area (Å²) in [5.74, 6) is 0.889. The average Bonchev–Trinajstić information content (AvgIpc) is 3.14. The van der Waals surface area contributed by atoms with Gasteiger partial charge in [-0.2, -0.15) is 0 Å². The Labute approximate surface area is 168 Å². The van der Waals surface area contributed by atoms with Crippen molar-refractivity contribution in [3.05, 3.63) is 89.6 Å². The molecule has 0 aliphatic carbocycles. The first-order valence-electron chi connectivity index (χ1n) is 9.09. The van der Waals surface area contributed by atoms with Crippen LogP contribution in [0.4, 0.5) is 0 Å². The van der Waals surface area contributed by atoms with Crippen molar-refractivity contribution in [3.8, 4) is 22.6 Å². The highest BCUT2D eigenvalue weighted by atomic mass is 16.6. The van der Waals surface area contributed by atoms with Gasteiger partial charge in [-0.3, -0.25) is 0 Å². The second kappa shape index (κ2) is 8.02. The number of methoxy groups -OCH3 is 2. The molecular weight excluding hydrogens is 366 g/mol. The Morgan fingerprint density at radius 1 is 0.793 bits per heavy atom. The van der Waals surface area contributed by atoms with Crippen molar-refractivity contribution in [3.63, 3.8) is 0 Å². The van der Waals surface area contributed by atoms with E-state index in [4.69, 9.17) is 14.2 Å². The Morgan fingerprint density at radius 2 is 1.48 bits per heavy atom. The van der Waals surface area contributed by atoms with E-state index in [1.807, 2.05) is 66.7 Å². The van der Waals surface area contributed by atoms with Gasteiger partial charge in [-0.05, 0) is 35.4 Å². The van der Waals surface area contributed by atoms with Gasteiger partial charge in [-0.25, -0.2) is 9.79 Å². The van der Waals surface area contributed by atoms with Gasteiger partial charge in [0, 0.05) is 11.1 Å². The number of esters is 1. The summed E-state index contributed by atoms with van der Waals surface area (Å²) in [5.41, 5.74) is 3.83. The van der Waals surface area contributed by atoms with E-state index < -0.39 is 5.97 Å². The fourth-order valence-electron chi connectivity index (χ4n) is 3.14. The minimum Gasteiger partial charge on any atom is -0.493 e. The van der Waals surface area contributed by atoms with Crippen LogP contribution in [0.3, 0.4) is 0 Å². The van der Waals surface area contributed by atoms with Crippen molar-refractivity contribution >= 4 is 17.9 Å². The molecular formula is C24H19NO4. The molecule has 0 spiro atoms. The molecule has 0 aromatic heterocycles. The predicted molar refractivity (Wildman–Crippen MR) is 112 cm³/mol. The van der Waals surface area contributed by atoms with Crippen LogP contribution in [0, 0.1) is 0 Å². The molecule has 0 radical (unpaired) electrons. The molecule has 0 saturated carbocycles. The number of ether oxygens (including phenoxy) is 3. The molecule has 0 amide bonds. The maximum atomic E-state index is 12.3. The molecule has 5 nitrogen and oxygen atoms in total.